The lowest BCUT2D eigenvalue weighted by Gasteiger charge is -2.09. The monoisotopic (exact) mass is 347 g/mol. The maximum atomic E-state index is 11.9. The molecular weight excluding hydrogens is 326 g/mol. The molecule has 0 bridgehead atoms. The first kappa shape index (κ1) is 17.6. The number of amides is 1. The first-order valence-corrected chi connectivity index (χ1v) is 8.52. The molecule has 0 aliphatic heterocycles. The summed E-state index contributed by atoms with van der Waals surface area (Å²) < 4.78 is 5.84. The summed E-state index contributed by atoms with van der Waals surface area (Å²) in [5, 5.41) is 6.18. The molecule has 1 heterocycles. The Bertz CT molecular complexity index is 823. The van der Waals surface area contributed by atoms with Crippen LogP contribution in [0.2, 0.25) is 0 Å². The Morgan fingerprint density at radius 1 is 0.923 bits per heavy atom. The number of aromatic nitrogens is 1. The second-order valence-corrected chi connectivity index (χ2v) is 5.74. The molecule has 0 radical (unpaired) electrons. The van der Waals surface area contributed by atoms with E-state index in [2.05, 4.69) is 15.6 Å². The van der Waals surface area contributed by atoms with Gasteiger partial charge in [0.2, 0.25) is 0 Å². The molecule has 26 heavy (non-hydrogen) atoms. The summed E-state index contributed by atoms with van der Waals surface area (Å²) in [6, 6.07) is 21.1. The number of pyridine rings is 1. The Balaban J connectivity index is 1.41. The van der Waals surface area contributed by atoms with E-state index in [9.17, 15) is 4.79 Å². The quantitative estimate of drug-likeness (QED) is 0.613. The molecule has 3 aromatic rings. The molecule has 1 amide bonds. The molecule has 3 rings (SSSR count). The van der Waals surface area contributed by atoms with Crippen LogP contribution < -0.4 is 15.4 Å². The van der Waals surface area contributed by atoms with Gasteiger partial charge in [-0.05, 0) is 42.0 Å². The zero-order valence-electron chi connectivity index (χ0n) is 14.4. The van der Waals surface area contributed by atoms with Gasteiger partial charge in [-0.2, -0.15) is 0 Å². The highest BCUT2D eigenvalue weighted by Crippen LogP contribution is 2.21. The van der Waals surface area contributed by atoms with Gasteiger partial charge in [0.25, 0.3) is 5.91 Å². The molecule has 1 aromatic heterocycles. The van der Waals surface area contributed by atoms with Crippen LogP contribution >= 0.6 is 0 Å². The number of nitrogens with zero attached hydrogens (tertiary/aromatic N) is 1. The van der Waals surface area contributed by atoms with Crippen LogP contribution in [-0.4, -0.2) is 24.0 Å². The van der Waals surface area contributed by atoms with E-state index in [1.165, 1.54) is 0 Å². The van der Waals surface area contributed by atoms with E-state index in [1.807, 2.05) is 54.6 Å². The number of ether oxygens (including phenoxy) is 1. The van der Waals surface area contributed by atoms with Crippen molar-refractivity contribution in [3.8, 4) is 11.5 Å². The molecule has 0 spiro atoms. The van der Waals surface area contributed by atoms with Gasteiger partial charge in [0.1, 0.15) is 11.5 Å². The lowest BCUT2D eigenvalue weighted by atomic mass is 10.2. The SMILES string of the molecule is O=C(NCCNCc1cccc(Oc2ccccc2)c1)c1cccnc1. The summed E-state index contributed by atoms with van der Waals surface area (Å²) in [4.78, 5) is 15.8. The molecule has 5 heteroatoms. The molecule has 132 valence electrons. The van der Waals surface area contributed by atoms with Crippen LogP contribution in [-0.2, 0) is 6.54 Å². The van der Waals surface area contributed by atoms with Crippen molar-refractivity contribution < 1.29 is 9.53 Å². The number of benzene rings is 2. The predicted octanol–water partition coefficient (Wildman–Crippen LogP) is 3.39. The Hall–Kier alpha value is -3.18. The molecule has 0 saturated heterocycles. The molecule has 0 saturated carbocycles. The predicted molar refractivity (Wildman–Crippen MR) is 101 cm³/mol. The van der Waals surface area contributed by atoms with Crippen molar-refractivity contribution >= 4 is 5.91 Å². The molecule has 0 aliphatic carbocycles. The smallest absolute Gasteiger partial charge is 0.252 e. The van der Waals surface area contributed by atoms with Crippen LogP contribution in [0.1, 0.15) is 15.9 Å². The van der Waals surface area contributed by atoms with Crippen molar-refractivity contribution in [2.45, 2.75) is 6.54 Å². The van der Waals surface area contributed by atoms with Crippen LogP contribution in [0.4, 0.5) is 0 Å². The first-order valence-electron chi connectivity index (χ1n) is 8.52. The first-order chi connectivity index (χ1) is 12.8. The van der Waals surface area contributed by atoms with Gasteiger partial charge >= 0.3 is 0 Å². The van der Waals surface area contributed by atoms with Gasteiger partial charge in [0.05, 0.1) is 5.56 Å². The Labute approximate surface area is 153 Å². The number of nitrogens with one attached hydrogen (secondary N) is 2. The van der Waals surface area contributed by atoms with Gasteiger partial charge in [-0.3, -0.25) is 9.78 Å². The van der Waals surface area contributed by atoms with Crippen molar-refractivity contribution in [3.63, 3.8) is 0 Å². The summed E-state index contributed by atoms with van der Waals surface area (Å²) in [7, 11) is 0. The molecule has 0 atom stereocenters. The van der Waals surface area contributed by atoms with E-state index >= 15 is 0 Å². The van der Waals surface area contributed by atoms with Crippen molar-refractivity contribution in [1.82, 2.24) is 15.6 Å². The highest BCUT2D eigenvalue weighted by Gasteiger charge is 2.03. The second kappa shape index (κ2) is 9.34. The summed E-state index contributed by atoms with van der Waals surface area (Å²) in [6.07, 6.45) is 3.20. The highest BCUT2D eigenvalue weighted by molar-refractivity contribution is 5.93. The summed E-state index contributed by atoms with van der Waals surface area (Å²) in [5.41, 5.74) is 1.69. The minimum Gasteiger partial charge on any atom is -0.457 e. The zero-order valence-corrected chi connectivity index (χ0v) is 14.4. The van der Waals surface area contributed by atoms with E-state index in [-0.39, 0.29) is 5.91 Å². The topological polar surface area (TPSA) is 63.2 Å². The molecule has 0 unspecified atom stereocenters. The average Bonchev–Trinajstić information content (AvgIpc) is 2.69. The van der Waals surface area contributed by atoms with Gasteiger partial charge in [-0.1, -0.05) is 30.3 Å². The van der Waals surface area contributed by atoms with Crippen LogP contribution in [0.5, 0.6) is 11.5 Å². The standard InChI is InChI=1S/C21H21N3O2/c25-21(18-7-5-11-22-16-18)24-13-12-23-15-17-6-4-10-20(14-17)26-19-8-2-1-3-9-19/h1-11,14,16,23H,12-13,15H2,(H,24,25). The van der Waals surface area contributed by atoms with E-state index in [1.54, 1.807) is 24.5 Å². The van der Waals surface area contributed by atoms with Crippen molar-refractivity contribution in [2.75, 3.05) is 13.1 Å². The third kappa shape index (κ3) is 5.43. The van der Waals surface area contributed by atoms with Crippen LogP contribution in [0.3, 0.4) is 0 Å². The molecule has 0 aliphatic rings. The largest absolute Gasteiger partial charge is 0.457 e. The Morgan fingerprint density at radius 3 is 2.58 bits per heavy atom. The summed E-state index contributed by atoms with van der Waals surface area (Å²) in [5.74, 6) is 1.51. The van der Waals surface area contributed by atoms with Gasteiger partial charge in [-0.25, -0.2) is 0 Å². The van der Waals surface area contributed by atoms with Gasteiger partial charge in [0.15, 0.2) is 0 Å². The van der Waals surface area contributed by atoms with E-state index in [4.69, 9.17) is 4.74 Å². The fourth-order valence-electron chi connectivity index (χ4n) is 2.44. The fraction of sp³-hybridized carbons (Fsp3) is 0.143. The normalized spacial score (nSPS) is 10.3. The number of rotatable bonds is 8. The summed E-state index contributed by atoms with van der Waals surface area (Å²) >= 11 is 0. The maximum absolute atomic E-state index is 11.9. The third-order valence-electron chi connectivity index (χ3n) is 3.72. The Kier molecular flexibility index (Phi) is 6.34. The van der Waals surface area contributed by atoms with Crippen LogP contribution in [0, 0.1) is 0 Å². The van der Waals surface area contributed by atoms with Crippen LogP contribution in [0.15, 0.2) is 79.1 Å². The number of para-hydroxylation sites is 1. The number of carbonyl (C=O) groups excluding carboxylic acids is 1. The van der Waals surface area contributed by atoms with E-state index in [0.29, 0.717) is 25.2 Å². The van der Waals surface area contributed by atoms with Gasteiger partial charge in [-0.15, -0.1) is 0 Å². The van der Waals surface area contributed by atoms with Crippen molar-refractivity contribution in [3.05, 3.63) is 90.3 Å². The van der Waals surface area contributed by atoms with E-state index in [0.717, 1.165) is 17.1 Å². The minimum atomic E-state index is -0.113. The Morgan fingerprint density at radius 2 is 1.77 bits per heavy atom. The number of hydrogen-bond acceptors (Lipinski definition) is 4. The third-order valence-corrected chi connectivity index (χ3v) is 3.72. The second-order valence-electron chi connectivity index (χ2n) is 5.74. The molecule has 2 aromatic carbocycles. The lowest BCUT2D eigenvalue weighted by molar-refractivity contribution is 0.0953. The van der Waals surface area contributed by atoms with E-state index < -0.39 is 0 Å². The molecule has 0 fully saturated rings. The van der Waals surface area contributed by atoms with Gasteiger partial charge < -0.3 is 15.4 Å². The lowest BCUT2D eigenvalue weighted by Crippen LogP contribution is -2.31. The number of carbonyl (C=O) groups is 1. The van der Waals surface area contributed by atoms with Gasteiger partial charge in [0, 0.05) is 32.0 Å². The average molecular weight is 347 g/mol. The minimum absolute atomic E-state index is 0.113. The fourth-order valence-corrected chi connectivity index (χ4v) is 2.44. The number of hydrogen-bond donors (Lipinski definition) is 2. The molecule has 2 N–H and O–H groups in total. The molecular formula is C21H21N3O2. The van der Waals surface area contributed by atoms with Crippen molar-refractivity contribution in [2.24, 2.45) is 0 Å². The summed E-state index contributed by atoms with van der Waals surface area (Å²) in [6.45, 7) is 1.93. The van der Waals surface area contributed by atoms with Crippen molar-refractivity contribution in [1.29, 1.82) is 0 Å². The maximum Gasteiger partial charge on any atom is 0.252 e. The van der Waals surface area contributed by atoms with Crippen LogP contribution in [0.25, 0.3) is 0 Å². The highest BCUT2D eigenvalue weighted by atomic mass is 16.5. The molecule has 5 nitrogen and oxygen atoms in total. The zero-order chi connectivity index (χ0) is 18.0.